The van der Waals surface area contributed by atoms with Gasteiger partial charge in [0.25, 0.3) is 0 Å². The molecule has 0 saturated heterocycles. The van der Waals surface area contributed by atoms with Crippen molar-refractivity contribution in [1.82, 2.24) is 0 Å². The minimum Gasteiger partial charge on any atom is -0.423 e. The monoisotopic (exact) mass is 288 g/mol. The Morgan fingerprint density at radius 1 is 1.12 bits per heavy atom. The van der Waals surface area contributed by atoms with Crippen LogP contribution in [-0.2, 0) is 4.79 Å². The zero-order valence-electron chi connectivity index (χ0n) is 8.54. The number of benzene rings is 2. The van der Waals surface area contributed by atoms with Crippen LogP contribution < -0.4 is 4.74 Å². The molecule has 2 aromatic rings. The van der Waals surface area contributed by atoms with Crippen LogP contribution in [0.2, 0.25) is 10.0 Å². The van der Waals surface area contributed by atoms with Crippen LogP contribution in [0.1, 0.15) is 0 Å². The highest BCUT2D eigenvalue weighted by Crippen LogP contribution is 2.38. The van der Waals surface area contributed by atoms with Gasteiger partial charge in [-0.2, -0.15) is 0 Å². The number of carbonyl (C=O) groups excluding carboxylic acids is 1. The Morgan fingerprint density at radius 2 is 1.76 bits per heavy atom. The molecule has 0 aliphatic heterocycles. The molecule has 0 unspecified atom stereocenters. The first-order valence-corrected chi connectivity index (χ1v) is 6.06. The summed E-state index contributed by atoms with van der Waals surface area (Å²) >= 11 is 17.5. The largest absolute Gasteiger partial charge is 0.423 e. The van der Waals surface area contributed by atoms with E-state index in [9.17, 15) is 4.79 Å². The normalized spacial score (nSPS) is 10.5. The molecule has 0 amide bonds. The van der Waals surface area contributed by atoms with Gasteiger partial charge in [-0.1, -0.05) is 47.5 Å². The molecule has 2 nitrogen and oxygen atoms in total. The summed E-state index contributed by atoms with van der Waals surface area (Å²) < 4.78 is 5.10. The molecule has 0 heterocycles. The molecule has 0 atom stereocenters. The number of fused-ring (bicyclic) bond motifs is 1. The molecule has 0 radical (unpaired) electrons. The van der Waals surface area contributed by atoms with E-state index in [1.54, 1.807) is 12.1 Å². The summed E-state index contributed by atoms with van der Waals surface area (Å²) in [7, 11) is 0. The summed E-state index contributed by atoms with van der Waals surface area (Å²) in [6.45, 7) is 0. The van der Waals surface area contributed by atoms with Gasteiger partial charge < -0.3 is 4.74 Å². The van der Waals surface area contributed by atoms with Crippen molar-refractivity contribution in [3.05, 3.63) is 40.4 Å². The van der Waals surface area contributed by atoms with Gasteiger partial charge in [-0.05, 0) is 6.07 Å². The fourth-order valence-electron chi connectivity index (χ4n) is 1.52. The van der Waals surface area contributed by atoms with Crippen molar-refractivity contribution in [2.45, 2.75) is 0 Å². The number of halogens is 3. The average molecular weight is 290 g/mol. The highest BCUT2D eigenvalue weighted by Gasteiger charge is 2.13. The van der Waals surface area contributed by atoms with Crippen molar-refractivity contribution in [2.75, 3.05) is 5.88 Å². The summed E-state index contributed by atoms with van der Waals surface area (Å²) in [5, 5.41) is 2.25. The van der Waals surface area contributed by atoms with Crippen LogP contribution in [0.5, 0.6) is 5.75 Å². The van der Waals surface area contributed by atoms with Crippen molar-refractivity contribution < 1.29 is 9.53 Å². The van der Waals surface area contributed by atoms with Crippen LogP contribution in [-0.4, -0.2) is 11.8 Å². The standard InChI is InChI=1S/C12H7Cl3O2/c13-6-11(16)17-12-8-4-2-1-3-7(8)9(14)5-10(12)15/h1-5H,6H2. The quantitative estimate of drug-likeness (QED) is 0.468. The fraction of sp³-hybridized carbons (Fsp3) is 0.0833. The lowest BCUT2D eigenvalue weighted by Crippen LogP contribution is -2.09. The van der Waals surface area contributed by atoms with Crippen LogP contribution in [0.15, 0.2) is 30.3 Å². The maximum Gasteiger partial charge on any atom is 0.326 e. The third kappa shape index (κ3) is 2.49. The third-order valence-electron chi connectivity index (χ3n) is 2.22. The average Bonchev–Trinajstić information content (AvgIpc) is 2.34. The van der Waals surface area contributed by atoms with Gasteiger partial charge in [0.05, 0.1) is 10.0 Å². The van der Waals surface area contributed by atoms with Gasteiger partial charge in [0.15, 0.2) is 5.75 Å². The number of alkyl halides is 1. The lowest BCUT2D eigenvalue weighted by Gasteiger charge is -2.10. The zero-order chi connectivity index (χ0) is 12.4. The Balaban J connectivity index is 2.65. The first kappa shape index (κ1) is 12.5. The fourth-order valence-corrected chi connectivity index (χ4v) is 2.15. The second-order valence-electron chi connectivity index (χ2n) is 3.32. The SMILES string of the molecule is O=C(CCl)Oc1c(Cl)cc(Cl)c2ccccc12. The molecular weight excluding hydrogens is 282 g/mol. The van der Waals surface area contributed by atoms with Gasteiger partial charge in [-0.15, -0.1) is 11.6 Å². The van der Waals surface area contributed by atoms with Crippen LogP contribution >= 0.6 is 34.8 Å². The second-order valence-corrected chi connectivity index (χ2v) is 4.40. The van der Waals surface area contributed by atoms with Crippen molar-refractivity contribution >= 4 is 51.5 Å². The molecule has 0 spiro atoms. The van der Waals surface area contributed by atoms with E-state index in [0.717, 1.165) is 5.39 Å². The molecule has 0 bridgehead atoms. The third-order valence-corrected chi connectivity index (χ3v) is 3.04. The Kier molecular flexibility index (Phi) is 3.77. The minimum atomic E-state index is -0.555. The number of hydrogen-bond acceptors (Lipinski definition) is 2. The lowest BCUT2D eigenvalue weighted by molar-refractivity contribution is -0.131. The molecule has 17 heavy (non-hydrogen) atoms. The van der Waals surface area contributed by atoms with Crippen LogP contribution in [0, 0.1) is 0 Å². The molecule has 0 aliphatic carbocycles. The summed E-state index contributed by atoms with van der Waals surface area (Å²) in [5.41, 5.74) is 0. The van der Waals surface area contributed by atoms with E-state index >= 15 is 0 Å². The Morgan fingerprint density at radius 3 is 2.41 bits per heavy atom. The topological polar surface area (TPSA) is 26.3 Å². The predicted molar refractivity (Wildman–Crippen MR) is 70.3 cm³/mol. The molecule has 0 N–H and O–H groups in total. The Hall–Kier alpha value is -0.960. The maximum atomic E-state index is 11.2. The highest BCUT2D eigenvalue weighted by atomic mass is 35.5. The predicted octanol–water partition coefficient (Wildman–Crippen LogP) is 4.29. The zero-order valence-corrected chi connectivity index (χ0v) is 10.8. The van der Waals surface area contributed by atoms with Crippen LogP contribution in [0.4, 0.5) is 0 Å². The number of esters is 1. The number of hydrogen-bond donors (Lipinski definition) is 0. The molecule has 0 saturated carbocycles. The summed E-state index contributed by atoms with van der Waals surface area (Å²) in [5.74, 6) is -0.494. The second kappa shape index (κ2) is 5.13. The van der Waals surface area contributed by atoms with Gasteiger partial charge in [0.2, 0.25) is 0 Å². The molecular formula is C12H7Cl3O2. The number of ether oxygens (including phenoxy) is 1. The molecule has 0 fully saturated rings. The van der Waals surface area contributed by atoms with Gasteiger partial charge in [-0.25, -0.2) is 0 Å². The summed E-state index contributed by atoms with van der Waals surface area (Å²) in [6, 6.07) is 8.81. The van der Waals surface area contributed by atoms with E-state index in [0.29, 0.717) is 10.4 Å². The minimum absolute atomic E-state index is 0.229. The van der Waals surface area contributed by atoms with Gasteiger partial charge in [0.1, 0.15) is 5.88 Å². The van der Waals surface area contributed by atoms with Crippen LogP contribution in [0.3, 0.4) is 0 Å². The maximum absolute atomic E-state index is 11.2. The smallest absolute Gasteiger partial charge is 0.326 e. The van der Waals surface area contributed by atoms with Crippen molar-refractivity contribution in [2.24, 2.45) is 0 Å². The van der Waals surface area contributed by atoms with Crippen molar-refractivity contribution in [3.8, 4) is 5.75 Å². The number of rotatable bonds is 2. The van der Waals surface area contributed by atoms with E-state index in [2.05, 4.69) is 0 Å². The van der Waals surface area contributed by atoms with E-state index < -0.39 is 5.97 Å². The van der Waals surface area contributed by atoms with E-state index in [1.165, 1.54) is 0 Å². The van der Waals surface area contributed by atoms with Crippen molar-refractivity contribution in [1.29, 1.82) is 0 Å². The molecule has 5 heteroatoms. The van der Waals surface area contributed by atoms with E-state index in [-0.39, 0.29) is 16.7 Å². The molecule has 88 valence electrons. The lowest BCUT2D eigenvalue weighted by atomic mass is 10.1. The first-order chi connectivity index (χ1) is 8.13. The van der Waals surface area contributed by atoms with Gasteiger partial charge in [0, 0.05) is 10.8 Å². The highest BCUT2D eigenvalue weighted by molar-refractivity contribution is 6.40. The Labute approximate surface area is 113 Å². The van der Waals surface area contributed by atoms with Crippen molar-refractivity contribution in [3.63, 3.8) is 0 Å². The molecule has 2 aromatic carbocycles. The summed E-state index contributed by atoms with van der Waals surface area (Å²) in [4.78, 5) is 11.2. The van der Waals surface area contributed by atoms with E-state index in [4.69, 9.17) is 39.5 Å². The summed E-state index contributed by atoms with van der Waals surface area (Å²) in [6.07, 6.45) is 0. The van der Waals surface area contributed by atoms with Crippen LogP contribution in [0.25, 0.3) is 10.8 Å². The number of carbonyl (C=O) groups is 1. The Bertz CT molecular complexity index is 581. The van der Waals surface area contributed by atoms with E-state index in [1.807, 2.05) is 18.2 Å². The molecule has 2 rings (SSSR count). The van der Waals surface area contributed by atoms with Gasteiger partial charge >= 0.3 is 5.97 Å². The van der Waals surface area contributed by atoms with Gasteiger partial charge in [-0.3, -0.25) is 4.79 Å². The molecule has 0 aliphatic rings. The molecule has 0 aromatic heterocycles. The first-order valence-electron chi connectivity index (χ1n) is 4.77.